The summed E-state index contributed by atoms with van der Waals surface area (Å²) in [5.41, 5.74) is 5.42. The number of carbonyl (C=O) groups is 1. The van der Waals surface area contributed by atoms with E-state index in [0.29, 0.717) is 5.75 Å². The number of thioether (sulfide) groups is 1. The smallest absolute Gasteiger partial charge is 0.137 e. The highest BCUT2D eigenvalue weighted by atomic mass is 32.2. The summed E-state index contributed by atoms with van der Waals surface area (Å²) in [7, 11) is 0. The Morgan fingerprint density at radius 1 is 1.53 bits per heavy atom. The lowest BCUT2D eigenvalue weighted by atomic mass is 10.1. The fraction of sp³-hybridized carbons (Fsp3) is 0.909. The summed E-state index contributed by atoms with van der Waals surface area (Å²) in [6.07, 6.45) is 2.83. The van der Waals surface area contributed by atoms with E-state index in [-0.39, 0.29) is 11.6 Å². The molecule has 2 N–H and O–H groups in total. The average Bonchev–Trinajstić information content (AvgIpc) is 2.21. The van der Waals surface area contributed by atoms with Crippen LogP contribution in [0, 0.1) is 0 Å². The maximum Gasteiger partial charge on any atom is 0.137 e. The Labute approximate surface area is 97.1 Å². The molecule has 0 radical (unpaired) electrons. The lowest BCUT2D eigenvalue weighted by molar-refractivity contribution is -0.108. The highest BCUT2D eigenvalue weighted by molar-refractivity contribution is 7.99. The van der Waals surface area contributed by atoms with E-state index in [1.165, 1.54) is 0 Å². The van der Waals surface area contributed by atoms with Gasteiger partial charge in [0, 0.05) is 12.4 Å². The van der Waals surface area contributed by atoms with Gasteiger partial charge in [0.25, 0.3) is 0 Å². The summed E-state index contributed by atoms with van der Waals surface area (Å²) in [5, 5.41) is 0. The Kier molecular flexibility index (Phi) is 8.10. The molecular formula is C11H23NO2S. The number of ether oxygens (including phenoxy) is 1. The third kappa shape index (κ3) is 8.90. The van der Waals surface area contributed by atoms with E-state index in [4.69, 9.17) is 10.5 Å². The van der Waals surface area contributed by atoms with E-state index in [0.717, 1.165) is 31.5 Å². The zero-order chi connectivity index (χ0) is 11.7. The van der Waals surface area contributed by atoms with Gasteiger partial charge in [0.05, 0.1) is 11.6 Å². The normalized spacial score (nSPS) is 13.9. The summed E-state index contributed by atoms with van der Waals surface area (Å²) in [6, 6.07) is -0.324. The van der Waals surface area contributed by atoms with Gasteiger partial charge in [-0.05, 0) is 32.4 Å². The van der Waals surface area contributed by atoms with Gasteiger partial charge in [0.15, 0.2) is 0 Å². The Morgan fingerprint density at radius 3 is 2.73 bits per heavy atom. The second-order valence-corrected chi connectivity index (χ2v) is 5.38. The molecule has 0 aliphatic rings. The standard InChI is InChI=1S/C11H23NO2S/c1-4-6-14-11(2,3)5-7-15-9-10(12)8-13/h8,10H,4-7,9,12H2,1-3H3. The predicted octanol–water partition coefficient (Wildman–Crippen LogP) is 1.84. The van der Waals surface area contributed by atoms with Gasteiger partial charge in [-0.1, -0.05) is 6.92 Å². The molecule has 1 atom stereocenters. The van der Waals surface area contributed by atoms with Crippen LogP contribution in [0.1, 0.15) is 33.6 Å². The third-order valence-corrected chi connectivity index (χ3v) is 3.14. The van der Waals surface area contributed by atoms with Gasteiger partial charge in [0.2, 0.25) is 0 Å². The fourth-order valence-electron chi connectivity index (χ4n) is 1.03. The number of hydrogen-bond donors (Lipinski definition) is 1. The molecule has 0 rings (SSSR count). The molecular weight excluding hydrogens is 210 g/mol. The van der Waals surface area contributed by atoms with Gasteiger partial charge in [-0.15, -0.1) is 0 Å². The second kappa shape index (κ2) is 8.13. The predicted molar refractivity (Wildman–Crippen MR) is 66.3 cm³/mol. The first kappa shape index (κ1) is 14.9. The molecule has 0 spiro atoms. The van der Waals surface area contributed by atoms with E-state index in [9.17, 15) is 4.79 Å². The maximum absolute atomic E-state index is 10.3. The number of hydrogen-bond acceptors (Lipinski definition) is 4. The Balaban J connectivity index is 3.51. The topological polar surface area (TPSA) is 52.3 Å². The molecule has 0 fully saturated rings. The molecule has 0 aromatic heterocycles. The minimum Gasteiger partial charge on any atom is -0.376 e. The molecule has 4 heteroatoms. The highest BCUT2D eigenvalue weighted by Gasteiger charge is 2.17. The maximum atomic E-state index is 10.3. The lowest BCUT2D eigenvalue weighted by Crippen LogP contribution is -2.27. The van der Waals surface area contributed by atoms with Crippen LogP contribution in [0.2, 0.25) is 0 Å². The SMILES string of the molecule is CCCOC(C)(C)CCSCC(N)C=O. The first-order valence-corrected chi connectivity index (χ1v) is 6.60. The molecule has 0 saturated carbocycles. The van der Waals surface area contributed by atoms with E-state index in [2.05, 4.69) is 20.8 Å². The van der Waals surface area contributed by atoms with Gasteiger partial charge >= 0.3 is 0 Å². The molecule has 0 amide bonds. The Hall–Kier alpha value is -0.0600. The zero-order valence-corrected chi connectivity index (χ0v) is 10.8. The molecule has 90 valence electrons. The van der Waals surface area contributed by atoms with E-state index in [1.54, 1.807) is 11.8 Å². The van der Waals surface area contributed by atoms with Crippen molar-refractivity contribution in [2.75, 3.05) is 18.1 Å². The minimum absolute atomic E-state index is 0.0612. The number of carbonyl (C=O) groups excluding carboxylic acids is 1. The molecule has 0 aliphatic heterocycles. The van der Waals surface area contributed by atoms with Crippen molar-refractivity contribution in [3.05, 3.63) is 0 Å². The van der Waals surface area contributed by atoms with Crippen molar-refractivity contribution >= 4 is 18.0 Å². The van der Waals surface area contributed by atoms with Crippen LogP contribution in [-0.4, -0.2) is 36.0 Å². The lowest BCUT2D eigenvalue weighted by Gasteiger charge is -2.25. The van der Waals surface area contributed by atoms with Crippen LogP contribution >= 0.6 is 11.8 Å². The van der Waals surface area contributed by atoms with Gasteiger partial charge in [0.1, 0.15) is 6.29 Å². The van der Waals surface area contributed by atoms with Crippen molar-refractivity contribution in [2.24, 2.45) is 5.73 Å². The highest BCUT2D eigenvalue weighted by Crippen LogP contribution is 2.18. The molecule has 3 nitrogen and oxygen atoms in total. The molecule has 1 unspecified atom stereocenters. The summed E-state index contributed by atoms with van der Waals surface area (Å²) >= 11 is 1.71. The van der Waals surface area contributed by atoms with E-state index in [1.807, 2.05) is 0 Å². The van der Waals surface area contributed by atoms with Gasteiger partial charge in [-0.25, -0.2) is 0 Å². The van der Waals surface area contributed by atoms with Crippen molar-refractivity contribution in [3.8, 4) is 0 Å². The molecule has 0 heterocycles. The summed E-state index contributed by atoms with van der Waals surface area (Å²) in [5.74, 6) is 1.69. The van der Waals surface area contributed by atoms with Crippen LogP contribution in [0.15, 0.2) is 0 Å². The first-order chi connectivity index (χ1) is 7.02. The molecule has 0 saturated heterocycles. The molecule has 0 aliphatic carbocycles. The average molecular weight is 233 g/mol. The van der Waals surface area contributed by atoms with Crippen molar-refractivity contribution in [2.45, 2.75) is 45.3 Å². The third-order valence-electron chi connectivity index (χ3n) is 2.03. The van der Waals surface area contributed by atoms with Crippen LogP contribution in [0.4, 0.5) is 0 Å². The quantitative estimate of drug-likeness (QED) is 0.488. The number of rotatable bonds is 9. The van der Waals surface area contributed by atoms with Crippen LogP contribution in [0.3, 0.4) is 0 Å². The van der Waals surface area contributed by atoms with Crippen molar-refractivity contribution in [1.29, 1.82) is 0 Å². The first-order valence-electron chi connectivity index (χ1n) is 5.44. The molecule has 15 heavy (non-hydrogen) atoms. The Bertz CT molecular complexity index is 174. The Morgan fingerprint density at radius 2 is 2.20 bits per heavy atom. The van der Waals surface area contributed by atoms with E-state index < -0.39 is 0 Å². The van der Waals surface area contributed by atoms with Crippen LogP contribution in [-0.2, 0) is 9.53 Å². The minimum atomic E-state index is -0.324. The van der Waals surface area contributed by atoms with Gasteiger partial charge in [-0.3, -0.25) is 0 Å². The summed E-state index contributed by atoms with van der Waals surface area (Å²) in [6.45, 7) is 7.12. The van der Waals surface area contributed by atoms with E-state index >= 15 is 0 Å². The molecule has 0 aromatic rings. The van der Waals surface area contributed by atoms with Crippen molar-refractivity contribution < 1.29 is 9.53 Å². The van der Waals surface area contributed by atoms with Crippen molar-refractivity contribution in [1.82, 2.24) is 0 Å². The summed E-state index contributed by atoms with van der Waals surface area (Å²) < 4.78 is 5.70. The number of nitrogens with two attached hydrogens (primary N) is 1. The van der Waals surface area contributed by atoms with Crippen LogP contribution < -0.4 is 5.73 Å². The largest absolute Gasteiger partial charge is 0.376 e. The van der Waals surface area contributed by atoms with Gasteiger partial charge < -0.3 is 15.3 Å². The van der Waals surface area contributed by atoms with Crippen molar-refractivity contribution in [3.63, 3.8) is 0 Å². The fourth-order valence-corrected chi connectivity index (χ4v) is 2.18. The molecule has 0 aromatic carbocycles. The number of aldehydes is 1. The zero-order valence-electron chi connectivity index (χ0n) is 9.99. The second-order valence-electron chi connectivity index (χ2n) is 4.23. The van der Waals surface area contributed by atoms with Crippen LogP contribution in [0.25, 0.3) is 0 Å². The monoisotopic (exact) mass is 233 g/mol. The van der Waals surface area contributed by atoms with Gasteiger partial charge in [-0.2, -0.15) is 11.8 Å². The molecule has 0 bridgehead atoms. The summed E-state index contributed by atoms with van der Waals surface area (Å²) in [4.78, 5) is 10.3. The van der Waals surface area contributed by atoms with Crippen LogP contribution in [0.5, 0.6) is 0 Å².